The minimum atomic E-state index is -0.530. The first kappa shape index (κ1) is 17.5. The van der Waals surface area contributed by atoms with Crippen LogP contribution in [0.5, 0.6) is 11.5 Å². The van der Waals surface area contributed by atoms with Crippen molar-refractivity contribution in [3.05, 3.63) is 18.2 Å². The average molecular weight is 347 g/mol. The van der Waals surface area contributed by atoms with Crippen LogP contribution >= 0.6 is 0 Å². The van der Waals surface area contributed by atoms with E-state index in [1.54, 1.807) is 31.0 Å². The Morgan fingerprint density at radius 3 is 2.60 bits per heavy atom. The van der Waals surface area contributed by atoms with E-state index in [1.165, 1.54) is 6.42 Å². The molecule has 0 aromatic heterocycles. The topological polar surface area (TPSA) is 93.9 Å². The lowest BCUT2D eigenvalue weighted by atomic mass is 9.94. The van der Waals surface area contributed by atoms with Crippen molar-refractivity contribution in [2.45, 2.75) is 50.9 Å². The lowest BCUT2D eigenvalue weighted by molar-refractivity contribution is -0.123. The van der Waals surface area contributed by atoms with Crippen molar-refractivity contribution >= 4 is 17.5 Å². The summed E-state index contributed by atoms with van der Waals surface area (Å²) in [6.45, 7) is 1.75. The molecule has 1 aliphatic heterocycles. The molecule has 0 radical (unpaired) electrons. The predicted molar refractivity (Wildman–Crippen MR) is 93.4 cm³/mol. The van der Waals surface area contributed by atoms with Crippen molar-refractivity contribution < 1.29 is 19.1 Å². The van der Waals surface area contributed by atoms with E-state index in [4.69, 9.17) is 15.2 Å². The summed E-state index contributed by atoms with van der Waals surface area (Å²) in [6, 6.07) is 4.93. The van der Waals surface area contributed by atoms with E-state index in [0.717, 1.165) is 31.4 Å². The summed E-state index contributed by atoms with van der Waals surface area (Å²) in [5, 5.41) is 2.85. The number of hydrogen-bond donors (Lipinski definition) is 2. The molecule has 2 aliphatic rings. The van der Waals surface area contributed by atoms with Crippen molar-refractivity contribution in [2.24, 2.45) is 5.73 Å². The van der Waals surface area contributed by atoms with E-state index < -0.39 is 17.7 Å². The highest BCUT2D eigenvalue weighted by Gasteiger charge is 2.42. The van der Waals surface area contributed by atoms with Crippen molar-refractivity contribution in [1.82, 2.24) is 4.90 Å². The molecule has 0 unspecified atom stereocenters. The Labute approximate surface area is 147 Å². The van der Waals surface area contributed by atoms with Crippen LogP contribution in [0.3, 0.4) is 0 Å². The fraction of sp³-hybridized carbons (Fsp3) is 0.556. The number of amides is 2. The van der Waals surface area contributed by atoms with Crippen LogP contribution < -0.4 is 20.5 Å². The van der Waals surface area contributed by atoms with Gasteiger partial charge >= 0.3 is 0 Å². The predicted octanol–water partition coefficient (Wildman–Crippen LogP) is 1.86. The molecule has 1 atom stereocenters. The molecular formula is C18H25N3O4. The number of rotatable bonds is 5. The van der Waals surface area contributed by atoms with Gasteiger partial charge in [-0.15, -0.1) is 0 Å². The van der Waals surface area contributed by atoms with Crippen LogP contribution in [0, 0.1) is 0 Å². The Bertz CT molecular complexity index is 670. The van der Waals surface area contributed by atoms with E-state index in [1.807, 2.05) is 6.07 Å². The molecule has 1 aromatic carbocycles. The third-order valence-corrected chi connectivity index (χ3v) is 4.86. The molecule has 7 heteroatoms. The molecule has 1 heterocycles. The molecule has 3 N–H and O–H groups in total. The van der Waals surface area contributed by atoms with Crippen molar-refractivity contribution in [3.8, 4) is 11.5 Å². The maximum absolute atomic E-state index is 12.4. The number of carbonyl (C=O) groups excluding carboxylic acids is 2. The van der Waals surface area contributed by atoms with E-state index >= 15 is 0 Å². The van der Waals surface area contributed by atoms with E-state index in [-0.39, 0.29) is 12.5 Å². The smallest absolute Gasteiger partial charge is 0.251 e. The quantitative estimate of drug-likeness (QED) is 0.848. The monoisotopic (exact) mass is 347 g/mol. The first-order chi connectivity index (χ1) is 11.9. The summed E-state index contributed by atoms with van der Waals surface area (Å²) in [6.07, 6.45) is 5.18. The molecule has 2 amide bonds. The van der Waals surface area contributed by atoms with Crippen molar-refractivity contribution in [2.75, 3.05) is 18.9 Å². The van der Waals surface area contributed by atoms with Crippen LogP contribution in [-0.2, 0) is 9.59 Å². The molecule has 1 aromatic rings. The highest BCUT2D eigenvalue weighted by Crippen LogP contribution is 2.46. The van der Waals surface area contributed by atoms with Gasteiger partial charge in [0.05, 0.1) is 12.6 Å². The third kappa shape index (κ3) is 3.87. The fourth-order valence-corrected chi connectivity index (χ4v) is 3.30. The largest absolute Gasteiger partial charge is 0.448 e. The number of nitrogens with two attached hydrogens (primary N) is 1. The number of ether oxygens (including phenoxy) is 2. The lowest BCUT2D eigenvalue weighted by Gasteiger charge is -2.31. The molecule has 3 rings (SSSR count). The number of anilines is 1. The third-order valence-electron chi connectivity index (χ3n) is 4.86. The summed E-state index contributed by atoms with van der Waals surface area (Å²) >= 11 is 0. The zero-order valence-electron chi connectivity index (χ0n) is 14.7. The SMILES string of the molecule is C[C@@H](C(=O)Nc1ccc2c(c1)OC1(CCCCC1)O2)N(C)CC(N)=O. The highest BCUT2D eigenvalue weighted by molar-refractivity contribution is 5.95. The number of nitrogens with zero attached hydrogens (tertiary/aromatic N) is 1. The molecule has 1 saturated carbocycles. The number of likely N-dealkylation sites (N-methyl/N-ethyl adjacent to an activating group) is 1. The number of benzene rings is 1. The minimum Gasteiger partial charge on any atom is -0.448 e. The first-order valence-electron chi connectivity index (χ1n) is 8.70. The van der Waals surface area contributed by atoms with Gasteiger partial charge in [-0.05, 0) is 38.9 Å². The Hall–Kier alpha value is -2.28. The van der Waals surface area contributed by atoms with Gasteiger partial charge in [-0.2, -0.15) is 0 Å². The molecule has 1 fully saturated rings. The van der Waals surface area contributed by atoms with Crippen LogP contribution in [0.15, 0.2) is 18.2 Å². The minimum absolute atomic E-state index is 0.0260. The maximum Gasteiger partial charge on any atom is 0.251 e. The van der Waals surface area contributed by atoms with E-state index in [9.17, 15) is 9.59 Å². The Morgan fingerprint density at radius 2 is 1.92 bits per heavy atom. The summed E-state index contributed by atoms with van der Waals surface area (Å²) in [5.74, 6) is 0.174. The summed E-state index contributed by atoms with van der Waals surface area (Å²) in [5.41, 5.74) is 5.81. The second-order valence-corrected chi connectivity index (χ2v) is 6.88. The maximum atomic E-state index is 12.4. The summed E-state index contributed by atoms with van der Waals surface area (Å²) in [4.78, 5) is 24.9. The molecule has 0 saturated heterocycles. The van der Waals surface area contributed by atoms with Crippen LogP contribution in [0.1, 0.15) is 39.0 Å². The molecule has 1 spiro atoms. The molecular weight excluding hydrogens is 322 g/mol. The summed E-state index contributed by atoms with van der Waals surface area (Å²) < 4.78 is 12.1. The molecule has 25 heavy (non-hydrogen) atoms. The van der Waals surface area contributed by atoms with Crippen molar-refractivity contribution in [1.29, 1.82) is 0 Å². The second-order valence-electron chi connectivity index (χ2n) is 6.88. The second kappa shape index (κ2) is 6.92. The van der Waals surface area contributed by atoms with Gasteiger partial charge in [0.15, 0.2) is 11.5 Å². The zero-order chi connectivity index (χ0) is 18.0. The van der Waals surface area contributed by atoms with Gasteiger partial charge in [-0.25, -0.2) is 0 Å². The Morgan fingerprint density at radius 1 is 1.24 bits per heavy atom. The highest BCUT2D eigenvalue weighted by atomic mass is 16.7. The van der Waals surface area contributed by atoms with Gasteiger partial charge in [-0.3, -0.25) is 14.5 Å². The van der Waals surface area contributed by atoms with Gasteiger partial charge in [0.25, 0.3) is 5.79 Å². The van der Waals surface area contributed by atoms with E-state index in [0.29, 0.717) is 11.4 Å². The fourth-order valence-electron chi connectivity index (χ4n) is 3.30. The first-order valence-corrected chi connectivity index (χ1v) is 8.70. The normalized spacial score (nSPS) is 19.0. The molecule has 0 bridgehead atoms. The number of hydrogen-bond acceptors (Lipinski definition) is 5. The molecule has 1 aliphatic carbocycles. The zero-order valence-corrected chi connectivity index (χ0v) is 14.7. The number of carbonyl (C=O) groups is 2. The number of fused-ring (bicyclic) bond motifs is 1. The van der Waals surface area contributed by atoms with Gasteiger partial charge in [0.2, 0.25) is 11.8 Å². The Balaban J connectivity index is 1.65. The molecule has 136 valence electrons. The Kier molecular flexibility index (Phi) is 4.85. The van der Waals surface area contributed by atoms with Crippen molar-refractivity contribution in [3.63, 3.8) is 0 Å². The van der Waals surface area contributed by atoms with E-state index in [2.05, 4.69) is 5.32 Å². The standard InChI is InChI=1S/C18H25N3O4/c1-12(21(2)11-16(19)22)17(23)20-13-6-7-14-15(10-13)25-18(24-14)8-4-3-5-9-18/h6-7,10,12H,3-5,8-9,11H2,1-2H3,(H2,19,22)(H,20,23)/t12-/m0/s1. The average Bonchev–Trinajstić information content (AvgIpc) is 2.90. The lowest BCUT2D eigenvalue weighted by Crippen LogP contribution is -2.43. The number of primary amides is 1. The van der Waals surface area contributed by atoms with Gasteiger partial charge in [0, 0.05) is 24.6 Å². The van der Waals surface area contributed by atoms with Crippen LogP contribution in [-0.4, -0.2) is 42.1 Å². The number of nitrogens with one attached hydrogen (secondary N) is 1. The van der Waals surface area contributed by atoms with Gasteiger partial charge in [-0.1, -0.05) is 6.42 Å². The van der Waals surface area contributed by atoms with Gasteiger partial charge in [0.1, 0.15) is 0 Å². The van der Waals surface area contributed by atoms with Crippen LogP contribution in [0.2, 0.25) is 0 Å². The molecule has 7 nitrogen and oxygen atoms in total. The summed E-state index contributed by atoms with van der Waals surface area (Å²) in [7, 11) is 1.68. The van der Waals surface area contributed by atoms with Crippen LogP contribution in [0.4, 0.5) is 5.69 Å². The van der Waals surface area contributed by atoms with Gasteiger partial charge < -0.3 is 20.5 Å². The van der Waals surface area contributed by atoms with Crippen LogP contribution in [0.25, 0.3) is 0 Å².